The zero-order valence-electron chi connectivity index (χ0n) is 22.4. The number of nitrogens with one attached hydrogen (secondary N) is 1. The molecule has 0 radical (unpaired) electrons. The molecule has 1 aliphatic heterocycles. The standard InChI is InChI=1S/C31H31BrFNO5/c1-30(2)11-21-27(23(35)13-30)26(28-22(34-21)12-31(3,4)14-24(28)36)17-6-8-25(19(32)10-17)39-15-16-5-7-18(29(37)38)20(33)9-16/h5-10,26,34H,11-15H2,1-4H3,(H,37,38). The number of halogens is 2. The van der Waals surface area contributed by atoms with Gasteiger partial charge in [-0.1, -0.05) is 39.8 Å². The first kappa shape index (κ1) is 27.3. The van der Waals surface area contributed by atoms with E-state index < -0.39 is 23.3 Å². The Labute approximate surface area is 235 Å². The fraction of sp³-hybridized carbons (Fsp3) is 0.387. The largest absolute Gasteiger partial charge is 0.488 e. The van der Waals surface area contributed by atoms with Crippen LogP contribution in [0, 0.1) is 16.6 Å². The van der Waals surface area contributed by atoms with E-state index in [1.54, 1.807) is 6.07 Å². The molecule has 2 aromatic carbocycles. The summed E-state index contributed by atoms with van der Waals surface area (Å²) < 4.78 is 20.6. The van der Waals surface area contributed by atoms with Crippen LogP contribution in [0.15, 0.2) is 63.4 Å². The smallest absolute Gasteiger partial charge is 0.338 e. The number of benzene rings is 2. The van der Waals surface area contributed by atoms with Crippen LogP contribution in [-0.4, -0.2) is 22.6 Å². The van der Waals surface area contributed by atoms with Gasteiger partial charge in [-0.2, -0.15) is 0 Å². The van der Waals surface area contributed by atoms with Crippen molar-refractivity contribution in [3.8, 4) is 5.75 Å². The van der Waals surface area contributed by atoms with Crippen molar-refractivity contribution in [3.05, 3.63) is 85.9 Å². The number of hydrogen-bond donors (Lipinski definition) is 2. The molecule has 0 bridgehead atoms. The molecule has 2 aromatic rings. The topological polar surface area (TPSA) is 92.7 Å². The maximum absolute atomic E-state index is 14.1. The molecule has 1 heterocycles. The van der Waals surface area contributed by atoms with Gasteiger partial charge in [-0.15, -0.1) is 0 Å². The van der Waals surface area contributed by atoms with E-state index in [0.29, 0.717) is 39.8 Å². The lowest BCUT2D eigenvalue weighted by molar-refractivity contribution is -0.119. The van der Waals surface area contributed by atoms with Gasteiger partial charge in [0, 0.05) is 41.3 Å². The molecule has 6 nitrogen and oxygen atoms in total. The van der Waals surface area contributed by atoms with Crippen molar-refractivity contribution >= 4 is 33.5 Å². The van der Waals surface area contributed by atoms with Gasteiger partial charge in [-0.25, -0.2) is 9.18 Å². The Kier molecular flexibility index (Phi) is 6.82. The van der Waals surface area contributed by atoms with Crippen LogP contribution in [0.4, 0.5) is 4.39 Å². The normalized spacial score (nSPS) is 20.4. The maximum Gasteiger partial charge on any atom is 0.338 e. The van der Waals surface area contributed by atoms with Crippen molar-refractivity contribution in [1.29, 1.82) is 0 Å². The molecule has 3 aliphatic rings. The van der Waals surface area contributed by atoms with Gasteiger partial charge in [0.2, 0.25) is 0 Å². The molecule has 204 valence electrons. The van der Waals surface area contributed by atoms with Crippen LogP contribution in [-0.2, 0) is 16.2 Å². The highest BCUT2D eigenvalue weighted by Crippen LogP contribution is 2.51. The van der Waals surface area contributed by atoms with Crippen LogP contribution in [0.25, 0.3) is 0 Å². The minimum atomic E-state index is -1.33. The van der Waals surface area contributed by atoms with Crippen molar-refractivity contribution in [2.75, 3.05) is 0 Å². The van der Waals surface area contributed by atoms with E-state index >= 15 is 0 Å². The summed E-state index contributed by atoms with van der Waals surface area (Å²) in [5, 5.41) is 12.6. The summed E-state index contributed by atoms with van der Waals surface area (Å²) >= 11 is 3.58. The fourth-order valence-corrected chi connectivity index (χ4v) is 6.53. The third-order valence-corrected chi connectivity index (χ3v) is 8.29. The Morgan fingerprint density at radius 1 is 0.974 bits per heavy atom. The number of ether oxygens (including phenoxy) is 1. The molecule has 0 spiro atoms. The maximum atomic E-state index is 14.1. The Morgan fingerprint density at radius 2 is 1.56 bits per heavy atom. The van der Waals surface area contributed by atoms with Crippen LogP contribution in [0.2, 0.25) is 0 Å². The molecule has 8 heteroatoms. The minimum absolute atomic E-state index is 0.0356. The fourth-order valence-electron chi connectivity index (χ4n) is 6.02. The van der Waals surface area contributed by atoms with E-state index in [4.69, 9.17) is 9.84 Å². The summed E-state index contributed by atoms with van der Waals surface area (Å²) in [6.45, 7) is 8.40. The SMILES string of the molecule is CC1(C)CC(=O)C2=C(C1)NC1=C(C(=O)CC(C)(C)C1)C2c1ccc(OCc2ccc(C(=O)O)c(F)c2)c(Br)c1. The second kappa shape index (κ2) is 9.73. The molecule has 0 saturated heterocycles. The number of carboxylic acid groups (broad SMARTS) is 1. The van der Waals surface area contributed by atoms with E-state index in [9.17, 15) is 18.8 Å². The van der Waals surface area contributed by atoms with Gasteiger partial charge < -0.3 is 15.2 Å². The van der Waals surface area contributed by atoms with E-state index in [1.807, 2.05) is 12.1 Å². The lowest BCUT2D eigenvalue weighted by atomic mass is 9.64. The highest BCUT2D eigenvalue weighted by atomic mass is 79.9. The summed E-state index contributed by atoms with van der Waals surface area (Å²) in [5.41, 5.74) is 3.76. The predicted molar refractivity (Wildman–Crippen MR) is 148 cm³/mol. The minimum Gasteiger partial charge on any atom is -0.488 e. The summed E-state index contributed by atoms with van der Waals surface area (Å²) in [7, 11) is 0. The number of dihydropyridines is 1. The number of aromatic carboxylic acids is 1. The molecule has 5 rings (SSSR count). The van der Waals surface area contributed by atoms with Crippen molar-refractivity contribution in [2.24, 2.45) is 10.8 Å². The molecule has 0 atom stereocenters. The van der Waals surface area contributed by atoms with Gasteiger partial charge in [0.15, 0.2) is 11.6 Å². The Balaban J connectivity index is 1.48. The molecule has 2 aliphatic carbocycles. The van der Waals surface area contributed by atoms with Gasteiger partial charge >= 0.3 is 5.97 Å². The van der Waals surface area contributed by atoms with Crippen molar-refractivity contribution in [2.45, 2.75) is 65.9 Å². The lowest BCUT2D eigenvalue weighted by Gasteiger charge is -2.44. The first-order valence-electron chi connectivity index (χ1n) is 13.0. The van der Waals surface area contributed by atoms with Gasteiger partial charge in [0.05, 0.1) is 10.0 Å². The van der Waals surface area contributed by atoms with Crippen LogP contribution in [0.1, 0.15) is 80.8 Å². The summed E-state index contributed by atoms with van der Waals surface area (Å²) in [6, 6.07) is 9.41. The number of hydrogen-bond acceptors (Lipinski definition) is 5. The van der Waals surface area contributed by atoms with E-state index in [0.717, 1.165) is 35.9 Å². The number of rotatable bonds is 5. The van der Waals surface area contributed by atoms with Crippen LogP contribution >= 0.6 is 15.9 Å². The van der Waals surface area contributed by atoms with Crippen molar-refractivity contribution in [3.63, 3.8) is 0 Å². The Hall–Kier alpha value is -3.26. The number of carbonyl (C=O) groups excluding carboxylic acids is 2. The number of allylic oxidation sites excluding steroid dienone is 4. The monoisotopic (exact) mass is 595 g/mol. The second-order valence-electron chi connectivity index (χ2n) is 12.3. The average molecular weight is 596 g/mol. The molecular formula is C31H31BrFNO5. The molecule has 0 unspecified atom stereocenters. The number of carbonyl (C=O) groups is 3. The molecule has 0 amide bonds. The van der Waals surface area contributed by atoms with Crippen molar-refractivity contribution in [1.82, 2.24) is 5.32 Å². The highest BCUT2D eigenvalue weighted by Gasteiger charge is 2.46. The van der Waals surface area contributed by atoms with Gasteiger partial charge in [-0.05, 0) is 75.0 Å². The zero-order valence-corrected chi connectivity index (χ0v) is 24.0. The van der Waals surface area contributed by atoms with E-state index in [1.165, 1.54) is 12.1 Å². The van der Waals surface area contributed by atoms with Gasteiger partial charge in [0.25, 0.3) is 0 Å². The van der Waals surface area contributed by atoms with Gasteiger partial charge in [-0.3, -0.25) is 9.59 Å². The van der Waals surface area contributed by atoms with Crippen LogP contribution in [0.5, 0.6) is 5.75 Å². The molecule has 39 heavy (non-hydrogen) atoms. The Bertz CT molecular complexity index is 1430. The molecule has 0 aromatic heterocycles. The quantitative estimate of drug-likeness (QED) is 0.393. The molecule has 0 saturated carbocycles. The Morgan fingerprint density at radius 3 is 2.08 bits per heavy atom. The molecule has 0 fully saturated rings. The van der Waals surface area contributed by atoms with Crippen LogP contribution in [0.3, 0.4) is 0 Å². The van der Waals surface area contributed by atoms with Crippen LogP contribution < -0.4 is 10.1 Å². The number of Topliss-reactive ketones (excluding diaryl/α,β-unsaturated/α-hetero) is 2. The highest BCUT2D eigenvalue weighted by molar-refractivity contribution is 9.10. The average Bonchev–Trinajstić information content (AvgIpc) is 2.80. The molecular weight excluding hydrogens is 565 g/mol. The molecule has 2 N–H and O–H groups in total. The third kappa shape index (κ3) is 5.31. The van der Waals surface area contributed by atoms with E-state index in [2.05, 4.69) is 48.9 Å². The third-order valence-electron chi connectivity index (χ3n) is 7.67. The number of ketones is 2. The summed E-state index contributed by atoms with van der Waals surface area (Å²) in [4.78, 5) is 38.1. The first-order chi connectivity index (χ1) is 18.2. The van der Waals surface area contributed by atoms with Gasteiger partial charge in [0.1, 0.15) is 18.2 Å². The second-order valence-corrected chi connectivity index (χ2v) is 13.2. The van der Waals surface area contributed by atoms with Crippen molar-refractivity contribution < 1.29 is 28.6 Å². The summed E-state index contributed by atoms with van der Waals surface area (Å²) in [6.07, 6.45) is 2.31. The lowest BCUT2D eigenvalue weighted by Crippen LogP contribution is -2.42. The zero-order chi connectivity index (χ0) is 28.3. The van der Waals surface area contributed by atoms with E-state index in [-0.39, 0.29) is 29.0 Å². The summed E-state index contributed by atoms with van der Waals surface area (Å²) in [5.74, 6) is -1.97. The number of carboxylic acids is 1. The first-order valence-corrected chi connectivity index (χ1v) is 13.8. The predicted octanol–water partition coefficient (Wildman–Crippen LogP) is 6.84.